The van der Waals surface area contributed by atoms with E-state index >= 15 is 0 Å². The predicted molar refractivity (Wildman–Crippen MR) is 60.6 cm³/mol. The number of terminal acetylenes is 1. The van der Waals surface area contributed by atoms with Crippen molar-refractivity contribution < 1.29 is 0 Å². The van der Waals surface area contributed by atoms with Gasteiger partial charge >= 0.3 is 0 Å². The van der Waals surface area contributed by atoms with Gasteiger partial charge in [0.15, 0.2) is 0 Å². The lowest BCUT2D eigenvalue weighted by Gasteiger charge is -2.01. The molecule has 0 unspecified atom stereocenters. The molecule has 14 heavy (non-hydrogen) atoms. The summed E-state index contributed by atoms with van der Waals surface area (Å²) >= 11 is 0. The molecule has 0 atom stereocenters. The molecule has 0 aliphatic carbocycles. The van der Waals surface area contributed by atoms with Gasteiger partial charge in [-0.1, -0.05) is 24.1 Å². The minimum atomic E-state index is 0.711. The largest absolute Gasteiger partial charge is 0.315 e. The summed E-state index contributed by atoms with van der Waals surface area (Å²) < 4.78 is 0. The second kappa shape index (κ2) is 5.73. The van der Waals surface area contributed by atoms with Crippen molar-refractivity contribution >= 4 is 5.69 Å². The first-order valence-electron chi connectivity index (χ1n) is 4.57. The van der Waals surface area contributed by atoms with Crippen LogP contribution >= 0.6 is 0 Å². The first-order chi connectivity index (χ1) is 6.84. The zero-order valence-corrected chi connectivity index (χ0v) is 8.30. The average molecular weight is 183 g/mol. The third-order valence-electron chi connectivity index (χ3n) is 1.82. The van der Waals surface area contributed by atoms with Crippen LogP contribution in [0.1, 0.15) is 18.4 Å². The van der Waals surface area contributed by atoms with E-state index in [9.17, 15) is 0 Å². The molecule has 0 saturated heterocycles. The summed E-state index contributed by atoms with van der Waals surface area (Å²) in [6.45, 7) is 2.05. The van der Waals surface area contributed by atoms with Gasteiger partial charge in [0, 0.05) is 24.6 Å². The molecule has 1 nitrogen and oxygen atoms in total. The van der Waals surface area contributed by atoms with Crippen LogP contribution in [0.2, 0.25) is 0 Å². The topological polar surface area (TPSA) is 12.0 Å². The van der Waals surface area contributed by atoms with E-state index in [4.69, 9.17) is 6.42 Å². The third kappa shape index (κ3) is 3.25. The molecule has 0 fully saturated rings. The lowest BCUT2D eigenvalue weighted by Crippen LogP contribution is -1.90. The predicted octanol–water partition coefficient (Wildman–Crippen LogP) is 2.78. The van der Waals surface area contributed by atoms with E-state index in [1.165, 1.54) is 5.56 Å². The SMILES string of the molecule is C#CCCC#CNc1ccccc1C. The summed E-state index contributed by atoms with van der Waals surface area (Å²) in [5.41, 5.74) is 2.25. The van der Waals surface area contributed by atoms with Gasteiger partial charge in [-0.2, -0.15) is 0 Å². The van der Waals surface area contributed by atoms with Crippen molar-refractivity contribution in [2.75, 3.05) is 5.32 Å². The second-order valence-electron chi connectivity index (χ2n) is 2.95. The van der Waals surface area contributed by atoms with Crippen LogP contribution < -0.4 is 5.32 Å². The molecule has 1 N–H and O–H groups in total. The third-order valence-corrected chi connectivity index (χ3v) is 1.82. The minimum Gasteiger partial charge on any atom is -0.315 e. The number of nitrogens with one attached hydrogen (secondary N) is 1. The van der Waals surface area contributed by atoms with E-state index in [0.717, 1.165) is 12.1 Å². The van der Waals surface area contributed by atoms with E-state index in [1.54, 1.807) is 0 Å². The van der Waals surface area contributed by atoms with Gasteiger partial charge in [-0.15, -0.1) is 12.3 Å². The van der Waals surface area contributed by atoms with Gasteiger partial charge < -0.3 is 5.32 Å². The Kier molecular flexibility index (Phi) is 4.18. The first-order valence-corrected chi connectivity index (χ1v) is 4.57. The normalized spacial score (nSPS) is 8.29. The Labute approximate surface area is 85.5 Å². The molecule has 0 saturated carbocycles. The Morgan fingerprint density at radius 3 is 2.79 bits per heavy atom. The van der Waals surface area contributed by atoms with Gasteiger partial charge in [0.25, 0.3) is 0 Å². The summed E-state index contributed by atoms with van der Waals surface area (Å²) in [6.07, 6.45) is 6.56. The maximum Gasteiger partial charge on any atom is 0.0488 e. The summed E-state index contributed by atoms with van der Waals surface area (Å²) in [6, 6.07) is 10.9. The Morgan fingerprint density at radius 1 is 1.29 bits per heavy atom. The second-order valence-corrected chi connectivity index (χ2v) is 2.95. The highest BCUT2D eigenvalue weighted by Crippen LogP contribution is 2.11. The highest BCUT2D eigenvalue weighted by Gasteiger charge is 1.90. The Hall–Kier alpha value is -1.86. The van der Waals surface area contributed by atoms with Crippen LogP contribution in [0.4, 0.5) is 5.69 Å². The maximum atomic E-state index is 5.11. The lowest BCUT2D eigenvalue weighted by molar-refractivity contribution is 1.12. The zero-order chi connectivity index (χ0) is 10.2. The summed E-state index contributed by atoms with van der Waals surface area (Å²) in [7, 11) is 0. The van der Waals surface area contributed by atoms with Crippen molar-refractivity contribution in [3.05, 3.63) is 29.8 Å². The molecule has 1 aromatic carbocycles. The van der Waals surface area contributed by atoms with Gasteiger partial charge in [0.05, 0.1) is 0 Å². The van der Waals surface area contributed by atoms with Crippen molar-refractivity contribution in [1.82, 2.24) is 0 Å². The number of rotatable bonds is 2. The number of hydrogen-bond donors (Lipinski definition) is 1. The molecule has 0 heterocycles. The van der Waals surface area contributed by atoms with Crippen LogP contribution in [0.25, 0.3) is 0 Å². The monoisotopic (exact) mass is 183 g/mol. The molecule has 0 radical (unpaired) electrons. The summed E-state index contributed by atoms with van der Waals surface area (Å²) in [5.74, 6) is 5.51. The standard InChI is InChI=1S/C13H13N/c1-3-4-5-8-11-14-13-10-7-6-9-12(13)2/h1,6-7,9-10,14H,4-5H2,2H3. The first kappa shape index (κ1) is 10.2. The Bertz CT molecular complexity index is 388. The van der Waals surface area contributed by atoms with Gasteiger partial charge in [0.1, 0.15) is 0 Å². The van der Waals surface area contributed by atoms with Gasteiger partial charge in [0.2, 0.25) is 0 Å². The highest BCUT2D eigenvalue weighted by atomic mass is 14.8. The van der Waals surface area contributed by atoms with E-state index in [1.807, 2.05) is 31.2 Å². The van der Waals surface area contributed by atoms with Crippen LogP contribution in [0.5, 0.6) is 0 Å². The van der Waals surface area contributed by atoms with Crippen molar-refractivity contribution in [3.63, 3.8) is 0 Å². The van der Waals surface area contributed by atoms with Crippen molar-refractivity contribution in [2.24, 2.45) is 0 Å². The molecular weight excluding hydrogens is 170 g/mol. The summed E-state index contributed by atoms with van der Waals surface area (Å²) in [4.78, 5) is 0. The number of anilines is 1. The van der Waals surface area contributed by atoms with E-state index < -0.39 is 0 Å². The van der Waals surface area contributed by atoms with Crippen LogP contribution in [-0.4, -0.2) is 0 Å². The van der Waals surface area contributed by atoms with Crippen LogP contribution in [-0.2, 0) is 0 Å². The number of benzene rings is 1. The smallest absolute Gasteiger partial charge is 0.0488 e. The average Bonchev–Trinajstić information content (AvgIpc) is 2.20. The van der Waals surface area contributed by atoms with E-state index in [0.29, 0.717) is 6.42 Å². The number of unbranched alkanes of at least 4 members (excludes halogenated alkanes) is 1. The van der Waals surface area contributed by atoms with Gasteiger partial charge in [-0.05, 0) is 18.6 Å². The summed E-state index contributed by atoms with van der Waals surface area (Å²) in [5, 5.41) is 3.04. The van der Waals surface area contributed by atoms with Crippen LogP contribution in [0, 0.1) is 31.2 Å². The van der Waals surface area contributed by atoms with E-state index in [-0.39, 0.29) is 0 Å². The molecule has 1 rings (SSSR count). The molecule has 0 aliphatic heterocycles. The highest BCUT2D eigenvalue weighted by molar-refractivity contribution is 5.53. The Balaban J connectivity index is 2.49. The Morgan fingerprint density at radius 2 is 2.07 bits per heavy atom. The number of aryl methyl sites for hydroxylation is 1. The van der Waals surface area contributed by atoms with Crippen LogP contribution in [0.15, 0.2) is 24.3 Å². The molecule has 0 aromatic heterocycles. The minimum absolute atomic E-state index is 0.711. The number of para-hydroxylation sites is 1. The van der Waals surface area contributed by atoms with Crippen molar-refractivity contribution in [2.45, 2.75) is 19.8 Å². The molecule has 70 valence electrons. The van der Waals surface area contributed by atoms with Crippen LogP contribution in [0.3, 0.4) is 0 Å². The molecule has 1 heteroatoms. The quantitative estimate of drug-likeness (QED) is 0.422. The molecule has 0 spiro atoms. The van der Waals surface area contributed by atoms with Gasteiger partial charge in [-0.3, -0.25) is 0 Å². The molecule has 0 aliphatic rings. The molecule has 0 amide bonds. The number of hydrogen-bond acceptors (Lipinski definition) is 1. The maximum absolute atomic E-state index is 5.11. The fourth-order valence-electron chi connectivity index (χ4n) is 1.02. The zero-order valence-electron chi connectivity index (χ0n) is 8.30. The fraction of sp³-hybridized carbons (Fsp3) is 0.231. The molecule has 0 bridgehead atoms. The fourth-order valence-corrected chi connectivity index (χ4v) is 1.02. The lowest BCUT2D eigenvalue weighted by atomic mass is 10.2. The molecule has 1 aromatic rings. The van der Waals surface area contributed by atoms with Crippen molar-refractivity contribution in [3.8, 4) is 24.3 Å². The van der Waals surface area contributed by atoms with Crippen molar-refractivity contribution in [1.29, 1.82) is 0 Å². The van der Waals surface area contributed by atoms with E-state index in [2.05, 4.69) is 23.2 Å². The molecular formula is C13H13N. The van der Waals surface area contributed by atoms with Gasteiger partial charge in [-0.25, -0.2) is 0 Å².